The number of ether oxygens (including phenoxy) is 2. The summed E-state index contributed by atoms with van der Waals surface area (Å²) >= 11 is 0. The standard InChI is InChI=1S/C21H23FN2O5S/c22-19-15-23(20(25)28-16-17-7-3-1-4-8-17)12-11-21(19)24(13-14-29-21)30(26,27)18-9-5-2-6-10-18/h1-10,19H,11-16H2. The zero-order valence-electron chi connectivity index (χ0n) is 16.3. The lowest BCUT2D eigenvalue weighted by Gasteiger charge is -2.44. The molecule has 0 bridgehead atoms. The minimum atomic E-state index is -3.93. The number of piperidine rings is 1. The highest BCUT2D eigenvalue weighted by molar-refractivity contribution is 7.89. The molecule has 0 aromatic heterocycles. The van der Waals surface area contributed by atoms with Crippen molar-refractivity contribution in [3.05, 3.63) is 66.2 Å². The quantitative estimate of drug-likeness (QED) is 0.740. The molecule has 4 rings (SSSR count). The van der Waals surface area contributed by atoms with Gasteiger partial charge in [-0.05, 0) is 17.7 Å². The number of rotatable bonds is 4. The molecule has 160 valence electrons. The Morgan fingerprint density at radius 1 is 1.10 bits per heavy atom. The molecule has 0 radical (unpaired) electrons. The van der Waals surface area contributed by atoms with Gasteiger partial charge in [0.15, 0.2) is 11.9 Å². The van der Waals surface area contributed by atoms with E-state index in [-0.39, 0.29) is 44.2 Å². The Bertz CT molecular complexity index is 989. The molecule has 2 saturated heterocycles. The first-order valence-corrected chi connectivity index (χ1v) is 11.2. The van der Waals surface area contributed by atoms with E-state index in [4.69, 9.17) is 9.47 Å². The van der Waals surface area contributed by atoms with Gasteiger partial charge in [0.1, 0.15) is 6.61 Å². The Balaban J connectivity index is 1.46. The average molecular weight is 434 g/mol. The first kappa shape index (κ1) is 20.8. The zero-order chi connectivity index (χ0) is 21.2. The molecule has 9 heteroatoms. The second-order valence-electron chi connectivity index (χ2n) is 7.29. The van der Waals surface area contributed by atoms with E-state index < -0.39 is 28.0 Å². The van der Waals surface area contributed by atoms with Crippen LogP contribution in [-0.4, -0.2) is 61.9 Å². The maximum absolute atomic E-state index is 15.3. The summed E-state index contributed by atoms with van der Waals surface area (Å²) in [6.07, 6.45) is -2.30. The van der Waals surface area contributed by atoms with Gasteiger partial charge >= 0.3 is 6.09 Å². The van der Waals surface area contributed by atoms with Crippen molar-refractivity contribution in [2.45, 2.75) is 29.8 Å². The lowest BCUT2D eigenvalue weighted by molar-refractivity contribution is -0.138. The molecule has 0 aliphatic carbocycles. The summed E-state index contributed by atoms with van der Waals surface area (Å²) < 4.78 is 53.6. The van der Waals surface area contributed by atoms with Crippen molar-refractivity contribution < 1.29 is 27.1 Å². The molecule has 2 unspecified atom stereocenters. The van der Waals surface area contributed by atoms with Crippen molar-refractivity contribution in [3.8, 4) is 0 Å². The molecule has 0 saturated carbocycles. The Morgan fingerprint density at radius 2 is 1.77 bits per heavy atom. The van der Waals surface area contributed by atoms with E-state index in [1.807, 2.05) is 30.3 Å². The summed E-state index contributed by atoms with van der Waals surface area (Å²) in [4.78, 5) is 13.7. The highest BCUT2D eigenvalue weighted by atomic mass is 32.2. The van der Waals surface area contributed by atoms with Crippen LogP contribution in [-0.2, 0) is 26.1 Å². The Morgan fingerprint density at radius 3 is 2.43 bits per heavy atom. The molecule has 2 heterocycles. The third-order valence-corrected chi connectivity index (χ3v) is 7.41. The third kappa shape index (κ3) is 3.80. The maximum Gasteiger partial charge on any atom is 0.410 e. The summed E-state index contributed by atoms with van der Waals surface area (Å²) in [6.45, 7) is 0.0909. The van der Waals surface area contributed by atoms with Crippen molar-refractivity contribution in [3.63, 3.8) is 0 Å². The van der Waals surface area contributed by atoms with E-state index in [0.29, 0.717) is 0 Å². The molecule has 2 atom stereocenters. The Hall–Kier alpha value is -2.49. The second-order valence-corrected chi connectivity index (χ2v) is 9.15. The van der Waals surface area contributed by atoms with Crippen LogP contribution in [0.15, 0.2) is 65.6 Å². The van der Waals surface area contributed by atoms with Crippen LogP contribution >= 0.6 is 0 Å². The normalized spacial score (nSPS) is 24.8. The molecule has 0 N–H and O–H groups in total. The highest BCUT2D eigenvalue weighted by Crippen LogP contribution is 2.40. The van der Waals surface area contributed by atoms with Crippen molar-refractivity contribution >= 4 is 16.1 Å². The number of nitrogens with zero attached hydrogens (tertiary/aromatic N) is 2. The van der Waals surface area contributed by atoms with Crippen molar-refractivity contribution in [2.24, 2.45) is 0 Å². The highest BCUT2D eigenvalue weighted by Gasteiger charge is 2.57. The van der Waals surface area contributed by atoms with Gasteiger partial charge in [-0.15, -0.1) is 0 Å². The number of halogens is 1. The number of benzene rings is 2. The molecular formula is C21H23FN2O5S. The molecule has 2 aliphatic heterocycles. The van der Waals surface area contributed by atoms with Crippen LogP contribution < -0.4 is 0 Å². The third-order valence-electron chi connectivity index (χ3n) is 5.47. The van der Waals surface area contributed by atoms with E-state index in [1.54, 1.807) is 18.2 Å². The molecule has 2 fully saturated rings. The average Bonchev–Trinajstić information content (AvgIpc) is 3.21. The lowest BCUT2D eigenvalue weighted by Crippen LogP contribution is -2.62. The van der Waals surface area contributed by atoms with E-state index in [9.17, 15) is 13.2 Å². The second kappa shape index (κ2) is 8.33. The molecule has 2 aromatic rings. The molecule has 2 aliphatic rings. The minimum Gasteiger partial charge on any atom is -0.445 e. The van der Waals surface area contributed by atoms with E-state index >= 15 is 4.39 Å². The monoisotopic (exact) mass is 434 g/mol. The van der Waals surface area contributed by atoms with E-state index in [0.717, 1.165) is 9.87 Å². The number of likely N-dealkylation sites (tertiary alicyclic amines) is 1. The van der Waals surface area contributed by atoms with Crippen molar-refractivity contribution in [1.82, 2.24) is 9.21 Å². The SMILES string of the molecule is O=C(OCc1ccccc1)N1CCC2(OCCN2S(=O)(=O)c2ccccc2)C(F)C1. The fraction of sp³-hybridized carbons (Fsp3) is 0.381. The van der Waals surface area contributed by atoms with Crippen molar-refractivity contribution in [1.29, 1.82) is 0 Å². The Labute approximate surface area is 175 Å². The zero-order valence-corrected chi connectivity index (χ0v) is 17.1. The minimum absolute atomic E-state index is 0.0284. The van der Waals surface area contributed by atoms with Gasteiger partial charge in [-0.1, -0.05) is 48.5 Å². The molecule has 7 nitrogen and oxygen atoms in total. The summed E-state index contributed by atoms with van der Waals surface area (Å²) in [5.41, 5.74) is -0.777. The molecule has 1 spiro atoms. The fourth-order valence-corrected chi connectivity index (χ4v) is 5.64. The summed E-state index contributed by atoms with van der Waals surface area (Å²) in [5.74, 6) is 0. The van der Waals surface area contributed by atoms with Crippen LogP contribution in [0.5, 0.6) is 0 Å². The van der Waals surface area contributed by atoms with Gasteiger partial charge in [-0.2, -0.15) is 4.31 Å². The molecule has 30 heavy (non-hydrogen) atoms. The molecular weight excluding hydrogens is 411 g/mol. The Kier molecular flexibility index (Phi) is 5.77. The first-order chi connectivity index (χ1) is 14.4. The first-order valence-electron chi connectivity index (χ1n) is 9.75. The van der Waals surface area contributed by atoms with Gasteiger partial charge in [-0.3, -0.25) is 0 Å². The number of carbonyl (C=O) groups is 1. The maximum atomic E-state index is 15.3. The van der Waals surface area contributed by atoms with E-state index in [1.165, 1.54) is 17.0 Å². The smallest absolute Gasteiger partial charge is 0.410 e. The van der Waals surface area contributed by atoms with Crippen LogP contribution in [0.2, 0.25) is 0 Å². The number of carbonyl (C=O) groups excluding carboxylic acids is 1. The number of amides is 1. The number of hydrogen-bond donors (Lipinski definition) is 0. The predicted octanol–water partition coefficient (Wildman–Crippen LogP) is 2.78. The fourth-order valence-electron chi connectivity index (χ4n) is 3.91. The lowest BCUT2D eigenvalue weighted by atomic mass is 9.99. The molecule has 2 aromatic carbocycles. The van der Waals surface area contributed by atoms with Crippen LogP contribution in [0.25, 0.3) is 0 Å². The largest absolute Gasteiger partial charge is 0.445 e. The van der Waals surface area contributed by atoms with Crippen molar-refractivity contribution in [2.75, 3.05) is 26.2 Å². The van der Waals surface area contributed by atoms with Gasteiger partial charge in [-0.25, -0.2) is 17.6 Å². The van der Waals surface area contributed by atoms with E-state index in [2.05, 4.69) is 0 Å². The van der Waals surface area contributed by atoms with Crippen LogP contribution in [0.4, 0.5) is 9.18 Å². The van der Waals surface area contributed by atoms with Gasteiger partial charge in [0.25, 0.3) is 0 Å². The number of alkyl halides is 1. The predicted molar refractivity (Wildman–Crippen MR) is 107 cm³/mol. The number of sulfonamides is 1. The van der Waals surface area contributed by atoms with Gasteiger partial charge in [0, 0.05) is 19.5 Å². The van der Waals surface area contributed by atoms with Crippen LogP contribution in [0, 0.1) is 0 Å². The summed E-state index contributed by atoms with van der Waals surface area (Å²) in [6, 6.07) is 17.1. The number of hydrogen-bond acceptors (Lipinski definition) is 5. The van der Waals surface area contributed by atoms with Crippen LogP contribution in [0.3, 0.4) is 0 Å². The molecule has 1 amide bonds. The summed E-state index contributed by atoms with van der Waals surface area (Å²) in [5, 5.41) is 0. The van der Waals surface area contributed by atoms with Gasteiger partial charge < -0.3 is 14.4 Å². The summed E-state index contributed by atoms with van der Waals surface area (Å²) in [7, 11) is -3.93. The van der Waals surface area contributed by atoms with Gasteiger partial charge in [0.2, 0.25) is 10.0 Å². The van der Waals surface area contributed by atoms with Gasteiger partial charge in [0.05, 0.1) is 18.0 Å². The topological polar surface area (TPSA) is 76.2 Å². The van der Waals surface area contributed by atoms with Crippen LogP contribution in [0.1, 0.15) is 12.0 Å².